The van der Waals surface area contributed by atoms with E-state index >= 15 is 0 Å². The van der Waals surface area contributed by atoms with Gasteiger partial charge in [-0.3, -0.25) is 0 Å². The van der Waals surface area contributed by atoms with Gasteiger partial charge in [0.05, 0.1) is 16.4 Å². The Labute approximate surface area is 125 Å². The highest BCUT2D eigenvalue weighted by Crippen LogP contribution is 2.32. The summed E-state index contributed by atoms with van der Waals surface area (Å²) in [5.41, 5.74) is 3.58. The summed E-state index contributed by atoms with van der Waals surface area (Å²) in [4.78, 5) is 7.16. The number of halogens is 1. The van der Waals surface area contributed by atoms with E-state index in [-0.39, 0.29) is 5.38 Å². The predicted molar refractivity (Wildman–Crippen MR) is 84.5 cm³/mol. The van der Waals surface area contributed by atoms with Crippen molar-refractivity contribution in [2.45, 2.75) is 38.1 Å². The number of alkyl halides is 1. The minimum absolute atomic E-state index is 0.0534. The van der Waals surface area contributed by atoms with E-state index in [9.17, 15) is 0 Å². The van der Waals surface area contributed by atoms with Crippen LogP contribution >= 0.6 is 11.6 Å². The number of fused-ring (bicyclic) bond motifs is 1. The Morgan fingerprint density at radius 2 is 2.00 bits per heavy atom. The number of rotatable bonds is 2. The molecule has 1 unspecified atom stereocenters. The molecular formula is C16H22ClN3. The van der Waals surface area contributed by atoms with Crippen molar-refractivity contribution in [3.05, 3.63) is 29.6 Å². The van der Waals surface area contributed by atoms with E-state index < -0.39 is 0 Å². The molecule has 3 rings (SSSR count). The summed E-state index contributed by atoms with van der Waals surface area (Å²) in [7, 11) is 2.19. The number of benzene rings is 1. The van der Waals surface area contributed by atoms with Gasteiger partial charge in [-0.05, 0) is 64.5 Å². The van der Waals surface area contributed by atoms with Crippen molar-refractivity contribution in [2.75, 3.05) is 20.1 Å². The van der Waals surface area contributed by atoms with Gasteiger partial charge in [0.15, 0.2) is 0 Å². The Morgan fingerprint density at radius 3 is 2.65 bits per heavy atom. The molecule has 2 heterocycles. The molecule has 3 nitrogen and oxygen atoms in total. The summed E-state index contributed by atoms with van der Waals surface area (Å²) in [5, 5.41) is -0.0534. The molecule has 1 aliphatic rings. The van der Waals surface area contributed by atoms with Gasteiger partial charge in [0.1, 0.15) is 5.82 Å². The van der Waals surface area contributed by atoms with E-state index in [1.54, 1.807) is 0 Å². The van der Waals surface area contributed by atoms with E-state index in [1.807, 2.05) is 6.92 Å². The molecule has 1 atom stereocenters. The van der Waals surface area contributed by atoms with Crippen LogP contribution in [0.25, 0.3) is 11.0 Å². The molecule has 108 valence electrons. The summed E-state index contributed by atoms with van der Waals surface area (Å²) < 4.78 is 2.40. The largest absolute Gasteiger partial charge is 0.324 e. The van der Waals surface area contributed by atoms with Crippen LogP contribution in [0.4, 0.5) is 0 Å². The minimum Gasteiger partial charge on any atom is -0.324 e. The van der Waals surface area contributed by atoms with Crippen LogP contribution in [0.5, 0.6) is 0 Å². The lowest BCUT2D eigenvalue weighted by Crippen LogP contribution is -2.32. The molecule has 0 bridgehead atoms. The van der Waals surface area contributed by atoms with Gasteiger partial charge >= 0.3 is 0 Å². The SMILES string of the molecule is Cc1ccc2nc(C(C)Cl)n(C3CCN(C)CC3)c2c1. The second-order valence-corrected chi connectivity index (χ2v) is 6.64. The maximum absolute atomic E-state index is 6.37. The average Bonchev–Trinajstić information content (AvgIpc) is 2.78. The molecule has 0 aliphatic carbocycles. The van der Waals surface area contributed by atoms with E-state index in [0.717, 1.165) is 24.4 Å². The second kappa shape index (κ2) is 5.38. The predicted octanol–water partition coefficient (Wildman–Crippen LogP) is 3.91. The monoisotopic (exact) mass is 291 g/mol. The molecule has 1 aromatic heterocycles. The lowest BCUT2D eigenvalue weighted by atomic mass is 10.0. The number of piperidine rings is 1. The van der Waals surface area contributed by atoms with Gasteiger partial charge < -0.3 is 9.47 Å². The summed E-state index contributed by atoms with van der Waals surface area (Å²) in [6.07, 6.45) is 2.35. The number of likely N-dealkylation sites (tertiary alicyclic amines) is 1. The summed E-state index contributed by atoms with van der Waals surface area (Å²) >= 11 is 6.37. The van der Waals surface area contributed by atoms with Crippen molar-refractivity contribution in [3.63, 3.8) is 0 Å². The van der Waals surface area contributed by atoms with E-state index in [0.29, 0.717) is 6.04 Å². The van der Waals surface area contributed by atoms with Gasteiger partial charge in [-0.1, -0.05) is 6.07 Å². The zero-order chi connectivity index (χ0) is 14.3. The number of hydrogen-bond donors (Lipinski definition) is 0. The molecule has 1 fully saturated rings. The molecule has 2 aromatic rings. The van der Waals surface area contributed by atoms with Crippen LogP contribution in [0.3, 0.4) is 0 Å². The first-order chi connectivity index (χ1) is 9.56. The topological polar surface area (TPSA) is 21.1 Å². The Hall–Kier alpha value is -1.06. The standard InChI is InChI=1S/C16H22ClN3/c1-11-4-5-14-15(10-11)20(16(18-14)12(2)17)13-6-8-19(3)9-7-13/h4-5,10,12-13H,6-9H2,1-3H3. The molecule has 0 saturated carbocycles. The van der Waals surface area contributed by atoms with Gasteiger partial charge in [-0.25, -0.2) is 4.98 Å². The highest BCUT2D eigenvalue weighted by Gasteiger charge is 2.24. The Bertz CT molecular complexity index is 609. The van der Waals surface area contributed by atoms with Crippen molar-refractivity contribution < 1.29 is 0 Å². The van der Waals surface area contributed by atoms with Gasteiger partial charge in [0.2, 0.25) is 0 Å². The summed E-state index contributed by atoms with van der Waals surface area (Å²) in [6, 6.07) is 6.99. The van der Waals surface area contributed by atoms with Crippen molar-refractivity contribution in [2.24, 2.45) is 0 Å². The van der Waals surface area contributed by atoms with Crippen molar-refractivity contribution in [1.29, 1.82) is 0 Å². The van der Waals surface area contributed by atoms with Gasteiger partial charge in [0.25, 0.3) is 0 Å². The summed E-state index contributed by atoms with van der Waals surface area (Å²) in [5.74, 6) is 1.02. The van der Waals surface area contributed by atoms with Gasteiger partial charge in [-0.15, -0.1) is 11.6 Å². The normalized spacial score (nSPS) is 19.6. The number of hydrogen-bond acceptors (Lipinski definition) is 2. The zero-order valence-corrected chi connectivity index (χ0v) is 13.2. The van der Waals surface area contributed by atoms with Crippen LogP contribution < -0.4 is 0 Å². The minimum atomic E-state index is -0.0534. The van der Waals surface area contributed by atoms with Crippen molar-refractivity contribution >= 4 is 22.6 Å². The van der Waals surface area contributed by atoms with Crippen LogP contribution in [0.1, 0.15) is 42.6 Å². The number of aryl methyl sites for hydroxylation is 1. The second-order valence-electron chi connectivity index (χ2n) is 5.98. The lowest BCUT2D eigenvalue weighted by Gasteiger charge is -2.31. The molecule has 1 aromatic carbocycles. The maximum atomic E-state index is 6.37. The molecule has 0 spiro atoms. The molecule has 1 aliphatic heterocycles. The first-order valence-corrected chi connectivity index (χ1v) is 7.81. The number of nitrogens with zero attached hydrogens (tertiary/aromatic N) is 3. The van der Waals surface area contributed by atoms with Gasteiger partial charge in [-0.2, -0.15) is 0 Å². The van der Waals surface area contributed by atoms with Crippen LogP contribution in [0.2, 0.25) is 0 Å². The lowest BCUT2D eigenvalue weighted by molar-refractivity contribution is 0.221. The third kappa shape index (κ3) is 2.45. The number of imidazole rings is 1. The molecule has 4 heteroatoms. The third-order valence-electron chi connectivity index (χ3n) is 4.28. The molecule has 1 saturated heterocycles. The maximum Gasteiger partial charge on any atom is 0.127 e. The van der Waals surface area contributed by atoms with E-state index in [4.69, 9.17) is 16.6 Å². The highest BCUT2D eigenvalue weighted by molar-refractivity contribution is 6.20. The quantitative estimate of drug-likeness (QED) is 0.782. The average molecular weight is 292 g/mol. The van der Waals surface area contributed by atoms with Crippen LogP contribution in [-0.4, -0.2) is 34.6 Å². The molecular weight excluding hydrogens is 270 g/mol. The van der Waals surface area contributed by atoms with Crippen molar-refractivity contribution in [1.82, 2.24) is 14.5 Å². The van der Waals surface area contributed by atoms with Crippen LogP contribution in [-0.2, 0) is 0 Å². The molecule has 0 amide bonds. The number of aromatic nitrogens is 2. The van der Waals surface area contributed by atoms with Crippen LogP contribution in [0, 0.1) is 6.92 Å². The third-order valence-corrected chi connectivity index (χ3v) is 4.48. The molecule has 20 heavy (non-hydrogen) atoms. The fourth-order valence-electron chi connectivity index (χ4n) is 3.14. The first-order valence-electron chi connectivity index (χ1n) is 7.37. The molecule has 0 radical (unpaired) electrons. The van der Waals surface area contributed by atoms with E-state index in [1.165, 1.54) is 23.9 Å². The Balaban J connectivity index is 2.10. The molecule has 0 N–H and O–H groups in total. The Morgan fingerprint density at radius 1 is 1.30 bits per heavy atom. The smallest absolute Gasteiger partial charge is 0.127 e. The Kier molecular flexibility index (Phi) is 3.74. The van der Waals surface area contributed by atoms with Crippen LogP contribution in [0.15, 0.2) is 18.2 Å². The van der Waals surface area contributed by atoms with E-state index in [2.05, 4.69) is 41.6 Å². The van der Waals surface area contributed by atoms with Gasteiger partial charge in [0, 0.05) is 6.04 Å². The van der Waals surface area contributed by atoms with Crippen molar-refractivity contribution in [3.8, 4) is 0 Å². The first kappa shape index (κ1) is 13.9. The highest BCUT2D eigenvalue weighted by atomic mass is 35.5. The fraction of sp³-hybridized carbons (Fsp3) is 0.562. The summed E-state index contributed by atoms with van der Waals surface area (Å²) in [6.45, 7) is 6.44. The fourth-order valence-corrected chi connectivity index (χ4v) is 3.29. The zero-order valence-electron chi connectivity index (χ0n) is 12.4.